The molecule has 6 atom stereocenters. The molecule has 0 aromatic heterocycles. The zero-order chi connectivity index (χ0) is 26.7. The molecule has 0 saturated carbocycles. The van der Waals surface area contributed by atoms with E-state index < -0.39 is 0 Å². The van der Waals surface area contributed by atoms with Crippen molar-refractivity contribution in [1.82, 2.24) is 0 Å². The summed E-state index contributed by atoms with van der Waals surface area (Å²) < 4.78 is 36.9. The molecule has 6 saturated heterocycles. The van der Waals surface area contributed by atoms with E-state index in [4.69, 9.17) is 33.2 Å². The molecule has 6 aliphatic heterocycles. The number of hydrogen-bond acceptors (Lipinski definition) is 9. The summed E-state index contributed by atoms with van der Waals surface area (Å²) in [5, 5.41) is 0. The van der Waals surface area contributed by atoms with Crippen LogP contribution in [0.2, 0.25) is 0 Å². The van der Waals surface area contributed by atoms with Crippen LogP contribution in [0, 0.1) is 0 Å². The van der Waals surface area contributed by atoms with Crippen LogP contribution in [0.1, 0.15) is 11.1 Å². The minimum Gasteiger partial charge on any atom is -0.376 e. The van der Waals surface area contributed by atoms with Crippen LogP contribution in [0.3, 0.4) is 0 Å². The lowest BCUT2D eigenvalue weighted by Gasteiger charge is -2.24. The highest BCUT2D eigenvalue weighted by Gasteiger charge is 2.32. The zero-order valence-electron chi connectivity index (χ0n) is 23.0. The third-order valence-corrected chi connectivity index (χ3v) is 7.73. The van der Waals surface area contributed by atoms with E-state index in [1.165, 1.54) is 22.5 Å². The average molecular weight is 553 g/mol. The molecule has 6 heterocycles. The number of anilines is 2. The molecule has 0 N–H and O–H groups in total. The molecule has 9 heteroatoms. The maximum Gasteiger partial charge on any atom is 0.104 e. The zero-order valence-corrected chi connectivity index (χ0v) is 23.0. The van der Waals surface area contributed by atoms with Gasteiger partial charge in [-0.2, -0.15) is 0 Å². The van der Waals surface area contributed by atoms with Gasteiger partial charge in [0.05, 0.1) is 77.3 Å². The Kier molecular flexibility index (Phi) is 8.21. The van der Waals surface area contributed by atoms with Gasteiger partial charge in [0.2, 0.25) is 0 Å². The number of hydrogen-bond donors (Lipinski definition) is 0. The second kappa shape index (κ2) is 12.3. The topological polar surface area (TPSA) is 90.9 Å². The molecule has 0 amide bonds. The summed E-state index contributed by atoms with van der Waals surface area (Å²) in [7, 11) is 0. The van der Waals surface area contributed by atoms with Crippen LogP contribution in [-0.4, -0.2) is 116 Å². The first kappa shape index (κ1) is 26.6. The highest BCUT2D eigenvalue weighted by molar-refractivity contribution is 5.51. The number of benzene rings is 2. The summed E-state index contributed by atoms with van der Waals surface area (Å²) in [6.07, 6.45) is 3.26. The van der Waals surface area contributed by atoms with E-state index in [2.05, 4.69) is 58.3 Å². The Morgan fingerprint density at radius 1 is 0.475 bits per heavy atom. The number of epoxide rings is 6. The Bertz CT molecular complexity index is 962. The van der Waals surface area contributed by atoms with Crippen LogP contribution in [0.4, 0.5) is 11.4 Å². The molecule has 9 nitrogen and oxygen atoms in total. The van der Waals surface area contributed by atoms with Crippen molar-refractivity contribution in [3.8, 4) is 0 Å². The molecule has 2 aromatic rings. The first-order chi connectivity index (χ1) is 19.7. The Hall–Kier alpha value is -2.24. The minimum atomic E-state index is 0.384. The van der Waals surface area contributed by atoms with Gasteiger partial charge in [-0.25, -0.2) is 0 Å². The third kappa shape index (κ3) is 8.88. The SMILES string of the molecule is C(OCC1CO1)C1CO1.c1cc(N(CC2CO2)CC2CO2)ccc1Cc1ccc(N(CC2CO2)CC2CO2)cc1. The number of rotatable bonds is 16. The van der Waals surface area contributed by atoms with Crippen molar-refractivity contribution < 1.29 is 33.2 Å². The quantitative estimate of drug-likeness (QED) is 0.291. The maximum absolute atomic E-state index is 5.44. The molecule has 0 bridgehead atoms. The molecular weight excluding hydrogens is 512 g/mol. The summed E-state index contributed by atoms with van der Waals surface area (Å²) in [6.45, 7) is 10.6. The van der Waals surface area contributed by atoms with E-state index in [0.29, 0.717) is 36.6 Å². The van der Waals surface area contributed by atoms with Gasteiger partial charge in [0.25, 0.3) is 0 Å². The van der Waals surface area contributed by atoms with Gasteiger partial charge in [0.15, 0.2) is 0 Å². The van der Waals surface area contributed by atoms with Crippen LogP contribution < -0.4 is 9.80 Å². The molecule has 0 aliphatic carbocycles. The normalized spacial score (nSPS) is 30.1. The standard InChI is InChI=1S/C25H30N2O4.C6H10O3/c1-5-20(26(10-22-14-28-22)11-23-15-29-23)6-2-18(1)9-19-3-7-21(8-4-19)27(12-24-16-30-24)13-25-17-31-25;1(5-3-8-5)7-2-6-4-9-6/h1-8,22-25H,9-17H2;5-6H,1-4H2. The molecule has 8 rings (SSSR count). The molecule has 6 aliphatic rings. The van der Waals surface area contributed by atoms with Gasteiger partial charge < -0.3 is 43.0 Å². The van der Waals surface area contributed by atoms with Gasteiger partial charge >= 0.3 is 0 Å². The Labute approximate surface area is 236 Å². The van der Waals surface area contributed by atoms with Gasteiger partial charge in [-0.05, 0) is 41.8 Å². The summed E-state index contributed by atoms with van der Waals surface area (Å²) >= 11 is 0. The monoisotopic (exact) mass is 552 g/mol. The van der Waals surface area contributed by atoms with Gasteiger partial charge in [0, 0.05) is 37.6 Å². The van der Waals surface area contributed by atoms with Crippen LogP contribution in [0.15, 0.2) is 48.5 Å². The summed E-state index contributed by atoms with van der Waals surface area (Å²) in [6, 6.07) is 17.9. The van der Waals surface area contributed by atoms with Crippen molar-refractivity contribution in [2.75, 3.05) is 88.8 Å². The fourth-order valence-electron chi connectivity index (χ4n) is 4.79. The molecule has 2 aromatic carbocycles. The fourth-order valence-corrected chi connectivity index (χ4v) is 4.79. The maximum atomic E-state index is 5.44. The van der Waals surface area contributed by atoms with E-state index in [1.54, 1.807) is 0 Å². The van der Waals surface area contributed by atoms with E-state index in [0.717, 1.165) is 85.5 Å². The lowest BCUT2D eigenvalue weighted by molar-refractivity contribution is 0.102. The highest BCUT2D eigenvalue weighted by Crippen LogP contribution is 2.26. The predicted molar refractivity (Wildman–Crippen MR) is 149 cm³/mol. The number of nitrogens with zero attached hydrogens (tertiary/aromatic N) is 2. The van der Waals surface area contributed by atoms with Crippen LogP contribution >= 0.6 is 0 Å². The molecule has 0 spiro atoms. The van der Waals surface area contributed by atoms with Crippen molar-refractivity contribution in [1.29, 1.82) is 0 Å². The highest BCUT2D eigenvalue weighted by atomic mass is 16.6. The van der Waals surface area contributed by atoms with E-state index >= 15 is 0 Å². The van der Waals surface area contributed by atoms with Crippen molar-refractivity contribution in [2.24, 2.45) is 0 Å². The summed E-state index contributed by atoms with van der Waals surface area (Å²) in [4.78, 5) is 4.80. The molecular formula is C31H40N2O7. The van der Waals surface area contributed by atoms with E-state index in [-0.39, 0.29) is 0 Å². The third-order valence-electron chi connectivity index (χ3n) is 7.73. The number of ether oxygens (including phenoxy) is 7. The second-order valence-electron chi connectivity index (χ2n) is 11.6. The second-order valence-corrected chi connectivity index (χ2v) is 11.6. The smallest absolute Gasteiger partial charge is 0.104 e. The average Bonchev–Trinajstić information content (AvgIpc) is 3.73. The molecule has 0 radical (unpaired) electrons. The molecule has 6 fully saturated rings. The van der Waals surface area contributed by atoms with Crippen LogP contribution in [0.5, 0.6) is 0 Å². The molecule has 6 unspecified atom stereocenters. The minimum absolute atomic E-state index is 0.384. The molecule has 216 valence electrons. The summed E-state index contributed by atoms with van der Waals surface area (Å²) in [5.41, 5.74) is 5.17. The first-order valence-corrected chi connectivity index (χ1v) is 14.7. The van der Waals surface area contributed by atoms with Gasteiger partial charge in [-0.15, -0.1) is 0 Å². The Morgan fingerprint density at radius 3 is 1.05 bits per heavy atom. The van der Waals surface area contributed by atoms with Crippen LogP contribution in [-0.2, 0) is 39.6 Å². The Balaban J connectivity index is 0.000000249. The lowest BCUT2D eigenvalue weighted by atomic mass is 10.0. The summed E-state index contributed by atoms with van der Waals surface area (Å²) in [5.74, 6) is 0. The molecule has 40 heavy (non-hydrogen) atoms. The first-order valence-electron chi connectivity index (χ1n) is 14.7. The van der Waals surface area contributed by atoms with Crippen molar-refractivity contribution in [2.45, 2.75) is 43.0 Å². The predicted octanol–water partition coefficient (Wildman–Crippen LogP) is 2.29. The van der Waals surface area contributed by atoms with Crippen molar-refractivity contribution in [3.63, 3.8) is 0 Å². The van der Waals surface area contributed by atoms with Crippen LogP contribution in [0.25, 0.3) is 0 Å². The largest absolute Gasteiger partial charge is 0.376 e. The fraction of sp³-hybridized carbons (Fsp3) is 0.613. The lowest BCUT2D eigenvalue weighted by Crippen LogP contribution is -2.31. The van der Waals surface area contributed by atoms with E-state index in [1.807, 2.05) is 0 Å². The van der Waals surface area contributed by atoms with Crippen molar-refractivity contribution in [3.05, 3.63) is 59.7 Å². The van der Waals surface area contributed by atoms with Gasteiger partial charge in [-0.1, -0.05) is 24.3 Å². The van der Waals surface area contributed by atoms with E-state index in [9.17, 15) is 0 Å². The Morgan fingerprint density at radius 2 is 0.775 bits per heavy atom. The van der Waals surface area contributed by atoms with Gasteiger partial charge in [-0.3, -0.25) is 0 Å². The van der Waals surface area contributed by atoms with Crippen molar-refractivity contribution >= 4 is 11.4 Å². The van der Waals surface area contributed by atoms with Gasteiger partial charge in [0.1, 0.15) is 12.2 Å².